The highest BCUT2D eigenvalue weighted by atomic mass is 16.4. The van der Waals surface area contributed by atoms with Crippen molar-refractivity contribution >= 4 is 17.6 Å². The number of carbonyl (C=O) groups excluding carboxylic acids is 2. The van der Waals surface area contributed by atoms with Crippen LogP contribution < -0.4 is 5.32 Å². The molecule has 2 rings (SSSR count). The van der Waals surface area contributed by atoms with E-state index in [0.717, 1.165) is 0 Å². The van der Waals surface area contributed by atoms with Crippen molar-refractivity contribution in [2.75, 3.05) is 5.32 Å². The molecule has 0 spiro atoms. The molecule has 0 aliphatic heterocycles. The summed E-state index contributed by atoms with van der Waals surface area (Å²) in [5.74, 6) is 0.291. The molecule has 0 unspecified atom stereocenters. The number of hydrogen-bond donors (Lipinski definition) is 1. The van der Waals surface area contributed by atoms with Gasteiger partial charge >= 0.3 is 0 Å². The minimum atomic E-state index is -0.352. The molecule has 0 saturated carbocycles. The van der Waals surface area contributed by atoms with Gasteiger partial charge in [-0.05, 0) is 13.8 Å². The van der Waals surface area contributed by atoms with E-state index in [1.807, 2.05) is 12.1 Å². The van der Waals surface area contributed by atoms with Crippen molar-refractivity contribution in [3.8, 4) is 6.07 Å². The highest BCUT2D eigenvalue weighted by Crippen LogP contribution is 2.25. The normalized spacial score (nSPS) is 10.0. The van der Waals surface area contributed by atoms with Crippen LogP contribution in [0.3, 0.4) is 0 Å². The van der Waals surface area contributed by atoms with Crippen LogP contribution in [0.5, 0.6) is 0 Å². The van der Waals surface area contributed by atoms with E-state index in [-0.39, 0.29) is 30.4 Å². The topological polar surface area (TPSA) is 83.1 Å². The fourth-order valence-corrected chi connectivity index (χ4v) is 2.03. The molecular formula is C17H16N2O3. The van der Waals surface area contributed by atoms with Crippen molar-refractivity contribution in [2.24, 2.45) is 0 Å². The number of Topliss-reactive ketones (excluding diaryl/α,β-unsaturated/α-hetero) is 1. The SMILES string of the molecule is Cc1oc(NC(=O)CCC(=O)c2ccccc2)c(C#N)c1C. The van der Waals surface area contributed by atoms with Crippen molar-refractivity contribution in [2.45, 2.75) is 26.7 Å². The number of ketones is 1. The maximum atomic E-state index is 11.9. The maximum Gasteiger partial charge on any atom is 0.227 e. The Hall–Kier alpha value is -2.87. The van der Waals surface area contributed by atoms with E-state index >= 15 is 0 Å². The van der Waals surface area contributed by atoms with E-state index < -0.39 is 0 Å². The molecule has 0 aliphatic rings. The molecule has 1 amide bonds. The van der Waals surface area contributed by atoms with Gasteiger partial charge in [-0.3, -0.25) is 14.9 Å². The summed E-state index contributed by atoms with van der Waals surface area (Å²) in [6, 6.07) is 10.8. The lowest BCUT2D eigenvalue weighted by molar-refractivity contribution is -0.116. The summed E-state index contributed by atoms with van der Waals surface area (Å²) < 4.78 is 5.36. The second-order valence-electron chi connectivity index (χ2n) is 4.94. The van der Waals surface area contributed by atoms with E-state index in [4.69, 9.17) is 9.68 Å². The van der Waals surface area contributed by atoms with E-state index in [9.17, 15) is 9.59 Å². The van der Waals surface area contributed by atoms with Crippen LogP contribution in [0.4, 0.5) is 5.88 Å². The van der Waals surface area contributed by atoms with Gasteiger partial charge in [0.25, 0.3) is 0 Å². The molecule has 1 N–H and O–H groups in total. The molecule has 1 heterocycles. The van der Waals surface area contributed by atoms with E-state index in [0.29, 0.717) is 22.5 Å². The Kier molecular flexibility index (Phi) is 4.74. The van der Waals surface area contributed by atoms with Crippen LogP contribution in [0, 0.1) is 25.2 Å². The van der Waals surface area contributed by atoms with Gasteiger partial charge in [0.05, 0.1) is 0 Å². The number of nitrogens with zero attached hydrogens (tertiary/aromatic N) is 1. The van der Waals surface area contributed by atoms with Crippen LogP contribution in [0.1, 0.15) is 40.1 Å². The number of rotatable bonds is 5. The molecule has 2 aromatic rings. The van der Waals surface area contributed by atoms with Crippen molar-refractivity contribution in [1.29, 1.82) is 5.26 Å². The van der Waals surface area contributed by atoms with Crippen LogP contribution in [0.25, 0.3) is 0 Å². The molecule has 112 valence electrons. The lowest BCUT2D eigenvalue weighted by Gasteiger charge is -2.03. The van der Waals surface area contributed by atoms with E-state index in [1.165, 1.54) is 0 Å². The summed E-state index contributed by atoms with van der Waals surface area (Å²) >= 11 is 0. The maximum absolute atomic E-state index is 11.9. The molecule has 1 aromatic heterocycles. The number of carbonyl (C=O) groups is 2. The zero-order chi connectivity index (χ0) is 16.1. The number of anilines is 1. The number of benzene rings is 1. The fraction of sp³-hybridized carbons (Fsp3) is 0.235. The lowest BCUT2D eigenvalue weighted by Crippen LogP contribution is -2.13. The summed E-state index contributed by atoms with van der Waals surface area (Å²) in [5, 5.41) is 11.6. The average Bonchev–Trinajstić information content (AvgIpc) is 2.79. The van der Waals surface area contributed by atoms with Gasteiger partial charge in [0.15, 0.2) is 5.78 Å². The third-order valence-corrected chi connectivity index (χ3v) is 3.42. The third-order valence-electron chi connectivity index (χ3n) is 3.42. The molecule has 0 atom stereocenters. The van der Waals surface area contributed by atoms with Crippen LogP contribution in [-0.4, -0.2) is 11.7 Å². The minimum Gasteiger partial charge on any atom is -0.444 e. The first-order valence-electron chi connectivity index (χ1n) is 6.91. The first kappa shape index (κ1) is 15.5. The Bertz CT molecular complexity index is 739. The van der Waals surface area contributed by atoms with Crippen LogP contribution in [0.15, 0.2) is 34.7 Å². The molecule has 5 nitrogen and oxygen atoms in total. The Morgan fingerprint density at radius 3 is 2.50 bits per heavy atom. The smallest absolute Gasteiger partial charge is 0.227 e. The summed E-state index contributed by atoms with van der Waals surface area (Å²) in [4.78, 5) is 23.8. The highest BCUT2D eigenvalue weighted by molar-refractivity contribution is 5.99. The van der Waals surface area contributed by atoms with E-state index in [2.05, 4.69) is 5.32 Å². The molecule has 0 saturated heterocycles. The van der Waals surface area contributed by atoms with Gasteiger partial charge in [-0.15, -0.1) is 0 Å². The predicted octanol–water partition coefficient (Wildman–Crippen LogP) is 3.37. The predicted molar refractivity (Wildman–Crippen MR) is 81.5 cm³/mol. The van der Waals surface area contributed by atoms with E-state index in [1.54, 1.807) is 38.1 Å². The van der Waals surface area contributed by atoms with Gasteiger partial charge in [0, 0.05) is 24.0 Å². The van der Waals surface area contributed by atoms with Gasteiger partial charge in [-0.1, -0.05) is 30.3 Å². The van der Waals surface area contributed by atoms with Gasteiger partial charge in [-0.25, -0.2) is 0 Å². The Morgan fingerprint density at radius 1 is 1.18 bits per heavy atom. The van der Waals surface area contributed by atoms with Crippen molar-refractivity contribution in [1.82, 2.24) is 0 Å². The lowest BCUT2D eigenvalue weighted by atomic mass is 10.1. The zero-order valence-electron chi connectivity index (χ0n) is 12.5. The van der Waals surface area contributed by atoms with Gasteiger partial charge in [-0.2, -0.15) is 5.26 Å². The molecule has 0 aliphatic carbocycles. The summed E-state index contributed by atoms with van der Waals surface area (Å²) in [5.41, 5.74) is 1.61. The Morgan fingerprint density at radius 2 is 1.86 bits per heavy atom. The van der Waals surface area contributed by atoms with Crippen LogP contribution in [-0.2, 0) is 4.79 Å². The summed E-state index contributed by atoms with van der Waals surface area (Å²) in [6.45, 7) is 3.48. The average molecular weight is 296 g/mol. The minimum absolute atomic E-state index is 0.0391. The first-order chi connectivity index (χ1) is 10.5. The number of aryl methyl sites for hydroxylation is 1. The third kappa shape index (κ3) is 3.41. The van der Waals surface area contributed by atoms with Crippen molar-refractivity contribution in [3.05, 3.63) is 52.8 Å². The molecular weight excluding hydrogens is 280 g/mol. The Labute approximate surface area is 128 Å². The van der Waals surface area contributed by atoms with Gasteiger partial charge in [0.2, 0.25) is 11.8 Å². The number of nitrogens with one attached hydrogen (secondary N) is 1. The second kappa shape index (κ2) is 6.72. The largest absolute Gasteiger partial charge is 0.444 e. The second-order valence-corrected chi connectivity index (χ2v) is 4.94. The molecule has 22 heavy (non-hydrogen) atoms. The molecule has 0 fully saturated rings. The summed E-state index contributed by atoms with van der Waals surface area (Å²) in [6.07, 6.45) is 0.147. The molecule has 1 aromatic carbocycles. The highest BCUT2D eigenvalue weighted by Gasteiger charge is 2.17. The van der Waals surface area contributed by atoms with Crippen LogP contribution in [0.2, 0.25) is 0 Å². The monoisotopic (exact) mass is 296 g/mol. The number of furan rings is 1. The number of hydrogen-bond acceptors (Lipinski definition) is 4. The molecule has 0 bridgehead atoms. The fourth-order valence-electron chi connectivity index (χ4n) is 2.03. The van der Waals surface area contributed by atoms with Gasteiger partial charge in [0.1, 0.15) is 17.4 Å². The van der Waals surface area contributed by atoms with Crippen LogP contribution >= 0.6 is 0 Å². The quantitative estimate of drug-likeness (QED) is 0.857. The zero-order valence-corrected chi connectivity index (χ0v) is 12.5. The molecule has 5 heteroatoms. The first-order valence-corrected chi connectivity index (χ1v) is 6.91. The summed E-state index contributed by atoms with van der Waals surface area (Å²) in [7, 11) is 0. The number of amides is 1. The van der Waals surface area contributed by atoms with Crippen molar-refractivity contribution in [3.63, 3.8) is 0 Å². The Balaban J connectivity index is 1.96. The standard InChI is InChI=1S/C17H16N2O3/c1-11-12(2)22-17(14(11)10-18)19-16(21)9-8-15(20)13-6-4-3-5-7-13/h3-7H,8-9H2,1-2H3,(H,19,21). The van der Waals surface area contributed by atoms with Crippen molar-refractivity contribution < 1.29 is 14.0 Å². The molecule has 0 radical (unpaired) electrons. The number of nitriles is 1. The van der Waals surface area contributed by atoms with Gasteiger partial charge < -0.3 is 4.42 Å².